The monoisotopic (exact) mass is 320 g/mol. The second kappa shape index (κ2) is 5.05. The maximum absolute atomic E-state index is 12.9. The molecule has 0 amide bonds. The minimum atomic E-state index is -3.90. The molecule has 0 spiro atoms. The smallest absolute Gasteiger partial charge is 0.325 e. The minimum absolute atomic E-state index is 0.0405. The normalized spacial score (nSPS) is 31.5. The van der Waals surface area contributed by atoms with Crippen LogP contribution in [-0.2, 0) is 24.2 Å². The van der Waals surface area contributed by atoms with Gasteiger partial charge in [-0.3, -0.25) is 9.59 Å². The second-order valence-corrected chi connectivity index (χ2v) is 8.07. The molecule has 1 aliphatic carbocycles. The summed E-state index contributed by atoms with van der Waals surface area (Å²) in [5, 5.41) is -1.34. The number of esters is 1. The Balaban J connectivity index is 2.10. The summed E-state index contributed by atoms with van der Waals surface area (Å²) >= 11 is 0. The number of rotatable bonds is 2. The minimum Gasteiger partial charge on any atom is -0.464 e. The predicted molar refractivity (Wildman–Crippen MR) is 78.7 cm³/mol. The molecule has 3 atom stereocenters. The van der Waals surface area contributed by atoms with Crippen molar-refractivity contribution in [2.75, 3.05) is 6.61 Å². The first-order chi connectivity index (χ1) is 10.3. The van der Waals surface area contributed by atoms with Gasteiger partial charge in [-0.25, -0.2) is 8.42 Å². The van der Waals surface area contributed by atoms with Crippen molar-refractivity contribution in [3.63, 3.8) is 0 Å². The van der Waals surface area contributed by atoms with Crippen molar-refractivity contribution in [3.8, 4) is 0 Å². The Morgan fingerprint density at radius 2 is 1.86 bits per heavy atom. The molecule has 6 heteroatoms. The van der Waals surface area contributed by atoms with E-state index in [0.717, 1.165) is 0 Å². The molecule has 1 saturated heterocycles. The van der Waals surface area contributed by atoms with Crippen molar-refractivity contribution in [2.24, 2.45) is 11.3 Å². The van der Waals surface area contributed by atoms with Gasteiger partial charge in [0.05, 0.1) is 4.90 Å². The van der Waals surface area contributed by atoms with Crippen molar-refractivity contribution in [1.82, 2.24) is 0 Å². The number of benzene rings is 1. The lowest BCUT2D eigenvalue weighted by Gasteiger charge is -2.43. The number of ketones is 1. The van der Waals surface area contributed by atoms with Gasteiger partial charge in [0, 0.05) is 17.8 Å². The van der Waals surface area contributed by atoms with Gasteiger partial charge in [0.15, 0.2) is 20.9 Å². The lowest BCUT2D eigenvalue weighted by atomic mass is 9.69. The highest BCUT2D eigenvalue weighted by Crippen LogP contribution is 2.44. The predicted octanol–water partition coefficient (Wildman–Crippen LogP) is 1.54. The number of ether oxygens (including phenoxy) is 1. The zero-order valence-corrected chi connectivity index (χ0v) is 12.9. The molecule has 116 valence electrons. The van der Waals surface area contributed by atoms with Gasteiger partial charge in [-0.2, -0.15) is 0 Å². The largest absolute Gasteiger partial charge is 0.464 e. The first-order valence-electron chi connectivity index (χ1n) is 7.02. The van der Waals surface area contributed by atoms with E-state index in [1.807, 2.05) is 6.92 Å². The number of cyclic esters (lactones) is 1. The summed E-state index contributed by atoms with van der Waals surface area (Å²) in [6.07, 6.45) is 3.16. The van der Waals surface area contributed by atoms with Crippen molar-refractivity contribution in [2.45, 2.75) is 23.5 Å². The van der Waals surface area contributed by atoms with E-state index in [4.69, 9.17) is 4.74 Å². The van der Waals surface area contributed by atoms with Gasteiger partial charge < -0.3 is 4.74 Å². The molecule has 0 bridgehead atoms. The molecular formula is C16H16O5S. The molecule has 1 heterocycles. The second-order valence-electron chi connectivity index (χ2n) is 6.00. The number of carbonyl (C=O) groups is 2. The highest BCUT2D eigenvalue weighted by molar-refractivity contribution is 7.92. The lowest BCUT2D eigenvalue weighted by Crippen LogP contribution is -2.54. The zero-order chi connectivity index (χ0) is 16.0. The fraction of sp³-hybridized carbons (Fsp3) is 0.375. The summed E-state index contributed by atoms with van der Waals surface area (Å²) in [4.78, 5) is 24.0. The van der Waals surface area contributed by atoms with Gasteiger partial charge in [-0.05, 0) is 18.2 Å². The standard InChI is InChI=1S/C16H16O5S/c1-16-8-7-11(17)9-13(16)14(15(18)21-10-16)22(19,20)12-5-3-2-4-6-12/h2-8,13-14H,9-10H2,1H3/t13-,14-,16+/m1/s1. The van der Waals surface area contributed by atoms with E-state index in [1.165, 1.54) is 18.2 Å². The number of hydrogen-bond donors (Lipinski definition) is 0. The van der Waals surface area contributed by atoms with Crippen LogP contribution in [0, 0.1) is 11.3 Å². The van der Waals surface area contributed by atoms with E-state index in [1.54, 1.807) is 24.3 Å². The molecule has 0 radical (unpaired) electrons. The van der Waals surface area contributed by atoms with Crippen LogP contribution < -0.4 is 0 Å². The van der Waals surface area contributed by atoms with Crippen LogP contribution in [0.4, 0.5) is 0 Å². The van der Waals surface area contributed by atoms with Gasteiger partial charge in [0.1, 0.15) is 6.61 Å². The van der Waals surface area contributed by atoms with E-state index in [9.17, 15) is 18.0 Å². The maximum Gasteiger partial charge on any atom is 0.325 e. The van der Waals surface area contributed by atoms with Crippen LogP contribution in [0.3, 0.4) is 0 Å². The van der Waals surface area contributed by atoms with Crippen molar-refractivity contribution >= 4 is 21.6 Å². The molecule has 0 N–H and O–H groups in total. The molecule has 1 fully saturated rings. The Kier molecular flexibility index (Phi) is 3.44. The maximum atomic E-state index is 12.9. The summed E-state index contributed by atoms with van der Waals surface area (Å²) in [5.74, 6) is -1.53. The third-order valence-electron chi connectivity index (χ3n) is 4.45. The molecule has 22 heavy (non-hydrogen) atoms. The fourth-order valence-electron chi connectivity index (χ4n) is 3.11. The molecule has 0 unspecified atom stereocenters. The highest BCUT2D eigenvalue weighted by atomic mass is 32.2. The Bertz CT molecular complexity index is 750. The van der Waals surface area contributed by atoms with Crippen molar-refractivity contribution in [1.29, 1.82) is 0 Å². The van der Waals surface area contributed by atoms with Crippen LogP contribution in [-0.4, -0.2) is 32.0 Å². The van der Waals surface area contributed by atoms with Gasteiger partial charge in [0.2, 0.25) is 0 Å². The molecule has 5 nitrogen and oxygen atoms in total. The molecule has 0 saturated carbocycles. The Labute approximate surface area is 128 Å². The molecule has 1 aromatic rings. The SMILES string of the molecule is C[C@@]12C=CC(=O)C[C@@H]1[C@@H](S(=O)(=O)c1ccccc1)C(=O)OC2. The molecule has 1 aliphatic heterocycles. The summed E-state index contributed by atoms with van der Waals surface area (Å²) in [6.45, 7) is 1.92. The van der Waals surface area contributed by atoms with Crippen molar-refractivity contribution < 1.29 is 22.7 Å². The number of carbonyl (C=O) groups excluding carboxylic acids is 2. The summed E-state index contributed by atoms with van der Waals surface area (Å²) < 4.78 is 30.9. The number of sulfone groups is 1. The average molecular weight is 320 g/mol. The first kappa shape index (κ1) is 15.0. The summed E-state index contributed by atoms with van der Waals surface area (Å²) in [7, 11) is -3.90. The first-order valence-corrected chi connectivity index (χ1v) is 8.57. The topological polar surface area (TPSA) is 77.5 Å². The molecule has 3 rings (SSSR count). The Hall–Kier alpha value is -1.95. The fourth-order valence-corrected chi connectivity index (χ4v) is 5.10. The van der Waals surface area contributed by atoms with Gasteiger partial charge >= 0.3 is 5.97 Å². The summed E-state index contributed by atoms with van der Waals surface area (Å²) in [6, 6.07) is 7.82. The van der Waals surface area contributed by atoms with Gasteiger partial charge in [-0.1, -0.05) is 31.2 Å². The van der Waals surface area contributed by atoms with Crippen LogP contribution in [0.15, 0.2) is 47.4 Å². The van der Waals surface area contributed by atoms with Crippen LogP contribution in [0.5, 0.6) is 0 Å². The highest BCUT2D eigenvalue weighted by Gasteiger charge is 2.54. The van der Waals surface area contributed by atoms with E-state index in [0.29, 0.717) is 0 Å². The molecule has 2 aliphatic rings. The van der Waals surface area contributed by atoms with Crippen molar-refractivity contribution in [3.05, 3.63) is 42.5 Å². The summed E-state index contributed by atoms with van der Waals surface area (Å²) in [5.41, 5.74) is -0.631. The molecule has 1 aromatic carbocycles. The van der Waals surface area contributed by atoms with E-state index >= 15 is 0 Å². The molecule has 0 aromatic heterocycles. The van der Waals surface area contributed by atoms with Gasteiger partial charge in [0.25, 0.3) is 0 Å². The lowest BCUT2D eigenvalue weighted by molar-refractivity contribution is -0.156. The third-order valence-corrected chi connectivity index (χ3v) is 6.57. The Morgan fingerprint density at radius 1 is 1.18 bits per heavy atom. The third kappa shape index (κ3) is 2.27. The van der Waals surface area contributed by atoms with E-state index in [-0.39, 0.29) is 23.7 Å². The van der Waals surface area contributed by atoms with Crippen LogP contribution in [0.2, 0.25) is 0 Å². The van der Waals surface area contributed by atoms with Crippen LogP contribution in [0.25, 0.3) is 0 Å². The molecular weight excluding hydrogens is 304 g/mol. The van der Waals surface area contributed by atoms with Crippen LogP contribution >= 0.6 is 0 Å². The zero-order valence-electron chi connectivity index (χ0n) is 12.1. The van der Waals surface area contributed by atoms with Gasteiger partial charge in [-0.15, -0.1) is 0 Å². The Morgan fingerprint density at radius 3 is 2.55 bits per heavy atom. The quantitative estimate of drug-likeness (QED) is 0.772. The average Bonchev–Trinajstić information content (AvgIpc) is 2.49. The number of hydrogen-bond acceptors (Lipinski definition) is 5. The van der Waals surface area contributed by atoms with E-state index in [2.05, 4.69) is 0 Å². The number of fused-ring (bicyclic) bond motifs is 1. The van der Waals surface area contributed by atoms with E-state index < -0.39 is 32.4 Å². The van der Waals surface area contributed by atoms with Crippen LogP contribution in [0.1, 0.15) is 13.3 Å². The number of allylic oxidation sites excluding steroid dienone is 1.